The maximum absolute atomic E-state index is 13.3. The van der Waals surface area contributed by atoms with Gasteiger partial charge in [0.1, 0.15) is 12.7 Å². The molecule has 1 fully saturated rings. The van der Waals surface area contributed by atoms with Gasteiger partial charge in [0.2, 0.25) is 10.0 Å². The van der Waals surface area contributed by atoms with Crippen molar-refractivity contribution in [3.63, 3.8) is 0 Å². The Hall–Kier alpha value is -3.82. The minimum Gasteiger partial charge on any atom is -0.379 e. The van der Waals surface area contributed by atoms with E-state index in [0.717, 1.165) is 0 Å². The van der Waals surface area contributed by atoms with Gasteiger partial charge in [-0.15, -0.1) is 0 Å². The predicted molar refractivity (Wildman–Crippen MR) is 148 cm³/mol. The van der Waals surface area contributed by atoms with Gasteiger partial charge < -0.3 is 10.1 Å². The quantitative estimate of drug-likeness (QED) is 0.312. The lowest BCUT2D eigenvalue weighted by Crippen LogP contribution is -2.40. The van der Waals surface area contributed by atoms with Gasteiger partial charge in [0, 0.05) is 18.7 Å². The highest BCUT2D eigenvalue weighted by molar-refractivity contribution is 7.92. The zero-order valence-corrected chi connectivity index (χ0v) is 23.2. The molecule has 3 aromatic carbocycles. The molecule has 0 bridgehead atoms. The molecule has 1 amide bonds. The minimum atomic E-state index is -4.08. The van der Waals surface area contributed by atoms with Crippen molar-refractivity contribution in [2.45, 2.75) is 9.79 Å². The predicted octanol–water partition coefficient (Wildman–Crippen LogP) is 2.99. The van der Waals surface area contributed by atoms with Gasteiger partial charge in [0.25, 0.3) is 15.9 Å². The number of nitrogens with one attached hydrogen (secondary N) is 2. The number of nitrogens with zero attached hydrogens (tertiary/aromatic N) is 4. The zero-order valence-electron chi connectivity index (χ0n) is 20.8. The fourth-order valence-corrected chi connectivity index (χ4v) is 6.79. The van der Waals surface area contributed by atoms with Crippen LogP contribution in [-0.4, -0.2) is 68.1 Å². The van der Waals surface area contributed by atoms with Crippen LogP contribution in [0.1, 0.15) is 10.4 Å². The van der Waals surface area contributed by atoms with Crippen LogP contribution in [0, 0.1) is 0 Å². The molecule has 0 spiro atoms. The summed E-state index contributed by atoms with van der Waals surface area (Å²) in [7, 11) is -7.95. The normalized spacial score (nSPS) is 14.5. The summed E-state index contributed by atoms with van der Waals surface area (Å²) in [5, 5.41) is 6.99. The Morgan fingerprint density at radius 1 is 0.900 bits per heavy atom. The van der Waals surface area contributed by atoms with Gasteiger partial charge in [-0.1, -0.05) is 29.8 Å². The summed E-state index contributed by atoms with van der Waals surface area (Å²) in [6, 6.07) is 16.0. The van der Waals surface area contributed by atoms with Crippen LogP contribution in [0.2, 0.25) is 5.02 Å². The number of rotatable bonds is 8. The van der Waals surface area contributed by atoms with E-state index in [1.165, 1.54) is 70.2 Å². The number of amides is 1. The minimum absolute atomic E-state index is 0.0213. The van der Waals surface area contributed by atoms with Crippen molar-refractivity contribution in [1.29, 1.82) is 0 Å². The molecule has 2 heterocycles. The molecule has 12 nitrogen and oxygen atoms in total. The molecule has 0 atom stereocenters. The maximum atomic E-state index is 13.3. The number of hydrogen-bond donors (Lipinski definition) is 2. The third kappa shape index (κ3) is 5.85. The maximum Gasteiger partial charge on any atom is 0.261 e. The van der Waals surface area contributed by atoms with E-state index in [9.17, 15) is 21.6 Å². The third-order valence-electron chi connectivity index (χ3n) is 6.01. The van der Waals surface area contributed by atoms with E-state index in [4.69, 9.17) is 16.3 Å². The van der Waals surface area contributed by atoms with Crippen molar-refractivity contribution in [1.82, 2.24) is 19.1 Å². The Balaban J connectivity index is 1.46. The van der Waals surface area contributed by atoms with Crippen molar-refractivity contribution < 1.29 is 26.4 Å². The lowest BCUT2D eigenvalue weighted by atomic mass is 10.2. The van der Waals surface area contributed by atoms with Crippen molar-refractivity contribution in [2.75, 3.05) is 36.3 Å². The Morgan fingerprint density at radius 2 is 1.68 bits per heavy atom. The molecule has 40 heavy (non-hydrogen) atoms. The number of sulfonamides is 2. The van der Waals surface area contributed by atoms with Crippen molar-refractivity contribution in [3.8, 4) is 5.69 Å². The fourth-order valence-electron chi connectivity index (χ4n) is 3.99. The van der Waals surface area contributed by atoms with E-state index in [-0.39, 0.29) is 58.1 Å². The van der Waals surface area contributed by atoms with Crippen LogP contribution in [0.3, 0.4) is 0 Å². The summed E-state index contributed by atoms with van der Waals surface area (Å²) in [5.74, 6) is -0.669. The summed E-state index contributed by atoms with van der Waals surface area (Å²) < 4.78 is 62.9. The van der Waals surface area contributed by atoms with Gasteiger partial charge >= 0.3 is 0 Å². The largest absolute Gasteiger partial charge is 0.379 e. The molecular weight excluding hydrogens is 580 g/mol. The van der Waals surface area contributed by atoms with Crippen LogP contribution in [0.5, 0.6) is 0 Å². The Labute approximate surface area is 235 Å². The summed E-state index contributed by atoms with van der Waals surface area (Å²) in [4.78, 5) is 17.0. The molecule has 1 aliphatic heterocycles. The second kappa shape index (κ2) is 11.3. The van der Waals surface area contributed by atoms with E-state index in [1.807, 2.05) is 0 Å². The topological polar surface area (TPSA) is 153 Å². The molecule has 0 aliphatic carbocycles. The van der Waals surface area contributed by atoms with Crippen molar-refractivity contribution >= 4 is 48.9 Å². The molecule has 2 N–H and O–H groups in total. The summed E-state index contributed by atoms with van der Waals surface area (Å²) in [6.07, 6.45) is 2.69. The summed E-state index contributed by atoms with van der Waals surface area (Å²) in [5.41, 5.74) is 0.700. The highest BCUT2D eigenvalue weighted by atomic mass is 35.5. The number of carbonyl (C=O) groups excluding carboxylic acids is 1. The first-order valence-corrected chi connectivity index (χ1v) is 15.2. The van der Waals surface area contributed by atoms with Crippen LogP contribution in [0.4, 0.5) is 11.4 Å². The first-order valence-electron chi connectivity index (χ1n) is 11.9. The van der Waals surface area contributed by atoms with E-state index in [1.54, 1.807) is 18.2 Å². The van der Waals surface area contributed by atoms with Crippen molar-refractivity contribution in [2.24, 2.45) is 0 Å². The molecule has 5 rings (SSSR count). The molecule has 0 radical (unpaired) electrons. The molecule has 0 unspecified atom stereocenters. The monoisotopic (exact) mass is 602 g/mol. The standard InChI is InChI=1S/C25H23ClN6O6S2/c26-21-6-1-2-7-22(21)30-39(34,35)19-5-3-4-18(14-19)25(33)29-23-15-20(8-9-24(23)32-17-27-16-28-32)40(36,37)31-10-12-38-13-11-31/h1-9,14-17,30H,10-13H2,(H,29,33). The second-order valence-electron chi connectivity index (χ2n) is 8.60. The SMILES string of the molecule is O=C(Nc1cc(S(=O)(=O)N2CCOCC2)ccc1-n1cncn1)c1cccc(S(=O)(=O)Nc2ccccc2Cl)c1. The summed E-state index contributed by atoms with van der Waals surface area (Å²) >= 11 is 6.09. The first kappa shape index (κ1) is 27.7. The number of benzene rings is 3. The van der Waals surface area contributed by atoms with Crippen LogP contribution in [0.15, 0.2) is 89.2 Å². The zero-order chi connectivity index (χ0) is 28.3. The average molecular weight is 603 g/mol. The fraction of sp³-hybridized carbons (Fsp3) is 0.160. The van der Waals surface area contributed by atoms with Crippen LogP contribution in [-0.2, 0) is 24.8 Å². The number of hydrogen-bond acceptors (Lipinski definition) is 8. The van der Waals surface area contributed by atoms with E-state index in [0.29, 0.717) is 5.69 Å². The number of carbonyl (C=O) groups is 1. The Bertz CT molecular complexity index is 1760. The van der Waals surface area contributed by atoms with Crippen molar-refractivity contribution in [3.05, 3.63) is 90.0 Å². The second-order valence-corrected chi connectivity index (χ2v) is 12.6. The Kier molecular flexibility index (Phi) is 7.87. The number of ether oxygens (including phenoxy) is 1. The first-order chi connectivity index (χ1) is 19.1. The van der Waals surface area contributed by atoms with Gasteiger partial charge in [0.15, 0.2) is 0 Å². The molecular formula is C25H23ClN6O6S2. The lowest BCUT2D eigenvalue weighted by molar-refractivity contribution is 0.0730. The molecule has 208 valence electrons. The highest BCUT2D eigenvalue weighted by Crippen LogP contribution is 2.28. The van der Waals surface area contributed by atoms with E-state index >= 15 is 0 Å². The summed E-state index contributed by atoms with van der Waals surface area (Å²) in [6.45, 7) is 0.978. The number of halogens is 1. The van der Waals surface area contributed by atoms with Gasteiger partial charge in [-0.3, -0.25) is 9.52 Å². The smallest absolute Gasteiger partial charge is 0.261 e. The molecule has 1 aromatic heterocycles. The number of para-hydroxylation sites is 1. The highest BCUT2D eigenvalue weighted by Gasteiger charge is 2.28. The number of aromatic nitrogens is 3. The van der Waals surface area contributed by atoms with Crippen LogP contribution in [0.25, 0.3) is 5.69 Å². The molecule has 1 aliphatic rings. The average Bonchev–Trinajstić information content (AvgIpc) is 3.50. The number of morpholine rings is 1. The third-order valence-corrected chi connectivity index (χ3v) is 9.60. The van der Waals surface area contributed by atoms with Gasteiger partial charge in [-0.2, -0.15) is 9.40 Å². The van der Waals surface area contributed by atoms with Crippen LogP contribution >= 0.6 is 11.6 Å². The lowest BCUT2D eigenvalue weighted by Gasteiger charge is -2.26. The number of anilines is 2. The van der Waals surface area contributed by atoms with Gasteiger partial charge in [-0.25, -0.2) is 26.5 Å². The molecule has 4 aromatic rings. The van der Waals surface area contributed by atoms with Gasteiger partial charge in [-0.05, 0) is 48.5 Å². The molecule has 1 saturated heterocycles. The molecule has 0 saturated carbocycles. The van der Waals surface area contributed by atoms with Gasteiger partial charge in [0.05, 0.1) is 45.1 Å². The van der Waals surface area contributed by atoms with Crippen LogP contribution < -0.4 is 10.0 Å². The Morgan fingerprint density at radius 3 is 2.40 bits per heavy atom. The molecule has 15 heteroatoms. The van der Waals surface area contributed by atoms with E-state index < -0.39 is 26.0 Å². The van der Waals surface area contributed by atoms with E-state index in [2.05, 4.69) is 20.1 Å².